The third kappa shape index (κ3) is 4.42. The maximum absolute atomic E-state index is 12.6. The van der Waals surface area contributed by atoms with Gasteiger partial charge in [-0.2, -0.15) is 0 Å². The topological polar surface area (TPSA) is 84.5 Å². The second-order valence-corrected chi connectivity index (χ2v) is 7.98. The molecule has 0 aromatic heterocycles. The first-order chi connectivity index (χ1) is 12.5. The number of ether oxygens (including phenoxy) is 1. The number of rotatable bonds is 6. The molecule has 2 N–H and O–H groups in total. The minimum absolute atomic E-state index is 0.0357. The molecule has 138 valence electrons. The molecule has 1 heterocycles. The van der Waals surface area contributed by atoms with E-state index in [1.54, 1.807) is 24.3 Å². The van der Waals surface area contributed by atoms with Gasteiger partial charge in [0.1, 0.15) is 0 Å². The van der Waals surface area contributed by atoms with Crippen molar-refractivity contribution >= 4 is 21.6 Å². The molecule has 0 saturated carbocycles. The molecule has 6 nitrogen and oxygen atoms in total. The standard InChI is InChI=1S/C19H22N2O4S/c1-14-6-2-3-10-18(14)21-26(23,24)17-9-4-7-15(12-17)19(22)20-13-16-8-5-11-25-16/h2-4,6-7,9-10,12,16,21H,5,8,11,13H2,1H3,(H,20,22). The highest BCUT2D eigenvalue weighted by molar-refractivity contribution is 7.92. The van der Waals surface area contributed by atoms with Crippen LogP contribution in [0.25, 0.3) is 0 Å². The summed E-state index contributed by atoms with van der Waals surface area (Å²) in [5, 5.41) is 2.80. The second kappa shape index (κ2) is 7.88. The van der Waals surface area contributed by atoms with Gasteiger partial charge in [0.05, 0.1) is 16.7 Å². The van der Waals surface area contributed by atoms with Crippen LogP contribution >= 0.6 is 0 Å². The molecule has 1 atom stereocenters. The summed E-state index contributed by atoms with van der Waals surface area (Å²) in [6, 6.07) is 13.1. The number of carbonyl (C=O) groups excluding carboxylic acids is 1. The fraction of sp³-hybridized carbons (Fsp3) is 0.316. The Morgan fingerprint density at radius 3 is 2.73 bits per heavy atom. The Labute approximate surface area is 153 Å². The quantitative estimate of drug-likeness (QED) is 0.814. The van der Waals surface area contributed by atoms with Crippen molar-refractivity contribution < 1.29 is 17.9 Å². The Hall–Kier alpha value is -2.38. The average Bonchev–Trinajstić information content (AvgIpc) is 3.15. The molecule has 0 bridgehead atoms. The van der Waals surface area contributed by atoms with Gasteiger partial charge in [-0.25, -0.2) is 8.42 Å². The summed E-state index contributed by atoms with van der Waals surface area (Å²) in [6.07, 6.45) is 1.96. The van der Waals surface area contributed by atoms with E-state index in [-0.39, 0.29) is 16.9 Å². The minimum Gasteiger partial charge on any atom is -0.376 e. The van der Waals surface area contributed by atoms with Gasteiger partial charge in [-0.1, -0.05) is 24.3 Å². The van der Waals surface area contributed by atoms with Crippen molar-refractivity contribution in [3.63, 3.8) is 0 Å². The highest BCUT2D eigenvalue weighted by Gasteiger charge is 2.19. The van der Waals surface area contributed by atoms with Gasteiger partial charge in [0.2, 0.25) is 0 Å². The molecule has 0 spiro atoms. The molecule has 1 fully saturated rings. The van der Waals surface area contributed by atoms with Gasteiger partial charge in [0.15, 0.2) is 0 Å². The monoisotopic (exact) mass is 374 g/mol. The predicted molar refractivity (Wildman–Crippen MR) is 99.7 cm³/mol. The molecule has 26 heavy (non-hydrogen) atoms. The molecule has 7 heteroatoms. The van der Waals surface area contributed by atoms with Crippen molar-refractivity contribution in [3.8, 4) is 0 Å². The van der Waals surface area contributed by atoms with Crippen LogP contribution in [0.3, 0.4) is 0 Å². The van der Waals surface area contributed by atoms with E-state index >= 15 is 0 Å². The van der Waals surface area contributed by atoms with E-state index in [2.05, 4.69) is 10.0 Å². The van der Waals surface area contributed by atoms with E-state index in [9.17, 15) is 13.2 Å². The third-order valence-electron chi connectivity index (χ3n) is 4.31. The number of sulfonamides is 1. The van der Waals surface area contributed by atoms with Gasteiger partial charge in [-0.3, -0.25) is 9.52 Å². The van der Waals surface area contributed by atoms with Gasteiger partial charge >= 0.3 is 0 Å². The largest absolute Gasteiger partial charge is 0.376 e. The summed E-state index contributed by atoms with van der Waals surface area (Å²) in [5.41, 5.74) is 1.64. The lowest BCUT2D eigenvalue weighted by Gasteiger charge is -2.13. The summed E-state index contributed by atoms with van der Waals surface area (Å²) in [5.74, 6) is -0.312. The van der Waals surface area contributed by atoms with Crippen LogP contribution in [0.4, 0.5) is 5.69 Å². The van der Waals surface area contributed by atoms with Gasteiger partial charge in [0, 0.05) is 18.7 Å². The van der Waals surface area contributed by atoms with E-state index in [1.165, 1.54) is 12.1 Å². The van der Waals surface area contributed by atoms with Crippen molar-refractivity contribution in [1.29, 1.82) is 0 Å². The molecule has 2 aromatic rings. The highest BCUT2D eigenvalue weighted by atomic mass is 32.2. The Kier molecular flexibility index (Phi) is 5.58. The summed E-state index contributed by atoms with van der Waals surface area (Å²) in [7, 11) is -3.78. The van der Waals surface area contributed by atoms with Crippen LogP contribution in [0.5, 0.6) is 0 Å². The maximum atomic E-state index is 12.6. The number of hydrogen-bond acceptors (Lipinski definition) is 4. The van der Waals surface area contributed by atoms with Gasteiger partial charge in [-0.05, 0) is 49.6 Å². The Balaban J connectivity index is 1.73. The number of nitrogens with one attached hydrogen (secondary N) is 2. The van der Waals surface area contributed by atoms with Crippen LogP contribution in [-0.4, -0.2) is 33.6 Å². The van der Waals surface area contributed by atoms with Crippen LogP contribution in [0.2, 0.25) is 0 Å². The van der Waals surface area contributed by atoms with Crippen LogP contribution in [0.15, 0.2) is 53.4 Å². The van der Waals surface area contributed by atoms with Crippen molar-refractivity contribution in [2.45, 2.75) is 30.8 Å². The van der Waals surface area contributed by atoms with Crippen LogP contribution in [-0.2, 0) is 14.8 Å². The number of aryl methyl sites for hydroxylation is 1. The number of carbonyl (C=O) groups is 1. The van der Waals surface area contributed by atoms with Crippen molar-refractivity contribution in [1.82, 2.24) is 5.32 Å². The number of amides is 1. The molecular weight excluding hydrogens is 352 g/mol. The SMILES string of the molecule is Cc1ccccc1NS(=O)(=O)c1cccc(C(=O)NCC2CCCO2)c1. The summed E-state index contributed by atoms with van der Waals surface area (Å²) in [4.78, 5) is 12.4. The van der Waals surface area contributed by atoms with E-state index in [1.807, 2.05) is 19.1 Å². The molecular formula is C19H22N2O4S. The highest BCUT2D eigenvalue weighted by Crippen LogP contribution is 2.20. The zero-order valence-electron chi connectivity index (χ0n) is 14.6. The molecule has 1 saturated heterocycles. The van der Waals surface area contributed by atoms with E-state index in [4.69, 9.17) is 4.74 Å². The minimum atomic E-state index is -3.78. The third-order valence-corrected chi connectivity index (χ3v) is 5.67. The average molecular weight is 374 g/mol. The summed E-state index contributed by atoms with van der Waals surface area (Å²) >= 11 is 0. The molecule has 1 unspecified atom stereocenters. The molecule has 1 aliphatic heterocycles. The summed E-state index contributed by atoms with van der Waals surface area (Å²) < 4.78 is 33.3. The van der Waals surface area contributed by atoms with E-state index < -0.39 is 10.0 Å². The number of benzene rings is 2. The number of para-hydroxylation sites is 1. The summed E-state index contributed by atoms with van der Waals surface area (Å²) in [6.45, 7) is 2.98. The van der Waals surface area contributed by atoms with Crippen LogP contribution in [0.1, 0.15) is 28.8 Å². The second-order valence-electron chi connectivity index (χ2n) is 6.29. The fourth-order valence-electron chi connectivity index (χ4n) is 2.81. The lowest BCUT2D eigenvalue weighted by Crippen LogP contribution is -2.31. The van der Waals surface area contributed by atoms with Crippen molar-refractivity contribution in [2.75, 3.05) is 17.9 Å². The normalized spacial score (nSPS) is 17.0. The number of hydrogen-bond donors (Lipinski definition) is 2. The van der Waals surface area contributed by atoms with Crippen LogP contribution < -0.4 is 10.0 Å². The fourth-order valence-corrected chi connectivity index (χ4v) is 3.99. The van der Waals surface area contributed by atoms with Crippen molar-refractivity contribution in [3.05, 3.63) is 59.7 Å². The van der Waals surface area contributed by atoms with Gasteiger partial charge < -0.3 is 10.1 Å². The zero-order chi connectivity index (χ0) is 18.6. The lowest BCUT2D eigenvalue weighted by molar-refractivity contribution is 0.0857. The van der Waals surface area contributed by atoms with Crippen molar-refractivity contribution in [2.24, 2.45) is 0 Å². The Morgan fingerprint density at radius 2 is 2.00 bits per heavy atom. The molecule has 0 radical (unpaired) electrons. The van der Waals surface area contributed by atoms with E-state index in [0.29, 0.717) is 17.8 Å². The molecule has 1 aliphatic rings. The molecule has 3 rings (SSSR count). The predicted octanol–water partition coefficient (Wildman–Crippen LogP) is 2.70. The van der Waals surface area contributed by atoms with E-state index in [0.717, 1.165) is 25.0 Å². The molecule has 1 amide bonds. The first-order valence-electron chi connectivity index (χ1n) is 8.54. The Bertz CT molecular complexity index is 890. The van der Waals surface area contributed by atoms with Crippen LogP contribution in [0, 0.1) is 6.92 Å². The molecule has 2 aromatic carbocycles. The first-order valence-corrected chi connectivity index (χ1v) is 10.0. The number of anilines is 1. The molecule has 0 aliphatic carbocycles. The smallest absolute Gasteiger partial charge is 0.261 e. The zero-order valence-corrected chi connectivity index (χ0v) is 15.4. The Morgan fingerprint density at radius 1 is 1.19 bits per heavy atom. The lowest BCUT2D eigenvalue weighted by atomic mass is 10.2. The van der Waals surface area contributed by atoms with Gasteiger partial charge in [0.25, 0.3) is 15.9 Å². The maximum Gasteiger partial charge on any atom is 0.261 e. The first kappa shape index (κ1) is 18.4. The van der Waals surface area contributed by atoms with Gasteiger partial charge in [-0.15, -0.1) is 0 Å².